The average Bonchev–Trinajstić information content (AvgIpc) is 3.06. The first-order valence-electron chi connectivity index (χ1n) is 6.96. The third-order valence-electron chi connectivity index (χ3n) is 3.50. The molecular formula is C13H23IN4O2S2. The van der Waals surface area contributed by atoms with Crippen molar-refractivity contribution in [3.05, 3.63) is 22.4 Å². The van der Waals surface area contributed by atoms with Crippen molar-refractivity contribution in [1.29, 1.82) is 0 Å². The van der Waals surface area contributed by atoms with Gasteiger partial charge in [0.1, 0.15) is 0 Å². The summed E-state index contributed by atoms with van der Waals surface area (Å²) in [5.74, 6) is 0.696. The van der Waals surface area contributed by atoms with Crippen molar-refractivity contribution >= 4 is 51.3 Å². The largest absolute Gasteiger partial charge is 0.370 e. The van der Waals surface area contributed by atoms with Crippen LogP contribution in [0.25, 0.3) is 0 Å². The smallest absolute Gasteiger partial charge is 0.211 e. The third kappa shape index (κ3) is 6.39. The SMILES string of the molecule is CS(=O)(=O)N1CCC(CN=C(N)NCCc2cccs2)C1.I. The van der Waals surface area contributed by atoms with Crippen LogP contribution in [0, 0.1) is 5.92 Å². The van der Waals surface area contributed by atoms with Crippen LogP contribution in [0.3, 0.4) is 0 Å². The molecule has 0 aliphatic carbocycles. The predicted molar refractivity (Wildman–Crippen MR) is 102 cm³/mol. The van der Waals surface area contributed by atoms with Gasteiger partial charge in [0.15, 0.2) is 5.96 Å². The molecule has 0 spiro atoms. The molecule has 1 aromatic rings. The number of halogens is 1. The molecule has 1 saturated heterocycles. The molecule has 0 amide bonds. The van der Waals surface area contributed by atoms with Crippen LogP contribution in [0.4, 0.5) is 0 Å². The van der Waals surface area contributed by atoms with Crippen LogP contribution in [0.1, 0.15) is 11.3 Å². The summed E-state index contributed by atoms with van der Waals surface area (Å²) >= 11 is 1.73. The summed E-state index contributed by atoms with van der Waals surface area (Å²) < 4.78 is 24.4. The Bertz CT molecular complexity index is 575. The Kier molecular flexibility index (Phi) is 8.08. The lowest BCUT2D eigenvalue weighted by Crippen LogP contribution is -2.34. The molecular weight excluding hydrogens is 435 g/mol. The number of nitrogens with zero attached hydrogens (tertiary/aromatic N) is 2. The summed E-state index contributed by atoms with van der Waals surface area (Å²) in [6, 6.07) is 4.13. The second kappa shape index (κ2) is 9.04. The van der Waals surface area contributed by atoms with Crippen LogP contribution in [-0.2, 0) is 16.4 Å². The number of hydrogen-bond donors (Lipinski definition) is 2. The zero-order valence-corrected chi connectivity index (χ0v) is 16.5. The van der Waals surface area contributed by atoms with Gasteiger partial charge in [0.2, 0.25) is 10.0 Å². The zero-order valence-electron chi connectivity index (χ0n) is 12.6. The lowest BCUT2D eigenvalue weighted by Gasteiger charge is -2.12. The maximum atomic E-state index is 11.4. The Morgan fingerprint density at radius 2 is 2.36 bits per heavy atom. The highest BCUT2D eigenvalue weighted by Gasteiger charge is 2.28. The van der Waals surface area contributed by atoms with E-state index in [-0.39, 0.29) is 29.9 Å². The van der Waals surface area contributed by atoms with E-state index in [2.05, 4.69) is 21.8 Å². The third-order valence-corrected chi connectivity index (χ3v) is 5.70. The molecule has 2 heterocycles. The van der Waals surface area contributed by atoms with Gasteiger partial charge in [-0.05, 0) is 30.2 Å². The molecule has 2 rings (SSSR count). The van der Waals surface area contributed by atoms with Crippen molar-refractivity contribution in [2.24, 2.45) is 16.6 Å². The molecule has 1 unspecified atom stereocenters. The average molecular weight is 458 g/mol. The number of hydrogen-bond acceptors (Lipinski definition) is 4. The fourth-order valence-electron chi connectivity index (χ4n) is 2.30. The number of thiophene rings is 1. The summed E-state index contributed by atoms with van der Waals surface area (Å²) in [7, 11) is -3.07. The fraction of sp³-hybridized carbons (Fsp3) is 0.615. The zero-order chi connectivity index (χ0) is 15.3. The van der Waals surface area contributed by atoms with Crippen LogP contribution in [0.15, 0.2) is 22.5 Å². The van der Waals surface area contributed by atoms with Crippen molar-refractivity contribution in [3.63, 3.8) is 0 Å². The van der Waals surface area contributed by atoms with Crippen LogP contribution >= 0.6 is 35.3 Å². The summed E-state index contributed by atoms with van der Waals surface area (Å²) in [5.41, 5.74) is 5.82. The Labute approximate surface area is 153 Å². The van der Waals surface area contributed by atoms with Crippen LogP contribution < -0.4 is 11.1 Å². The van der Waals surface area contributed by atoms with Gasteiger partial charge in [-0.2, -0.15) is 0 Å². The minimum Gasteiger partial charge on any atom is -0.370 e. The Morgan fingerprint density at radius 1 is 1.59 bits per heavy atom. The Balaban J connectivity index is 0.00000242. The number of aliphatic imine (C=N–C) groups is 1. The normalized spacial score (nSPS) is 19.9. The Hall–Kier alpha value is -0.390. The van der Waals surface area contributed by atoms with Crippen LogP contribution in [-0.4, -0.2) is 51.1 Å². The first-order chi connectivity index (χ1) is 9.95. The molecule has 1 fully saturated rings. The number of rotatable bonds is 6. The topological polar surface area (TPSA) is 87.8 Å². The molecule has 3 N–H and O–H groups in total. The van der Waals surface area contributed by atoms with E-state index in [9.17, 15) is 8.42 Å². The quantitative estimate of drug-likeness (QED) is 0.380. The number of nitrogens with two attached hydrogens (primary N) is 1. The second-order valence-electron chi connectivity index (χ2n) is 5.26. The van der Waals surface area contributed by atoms with Crippen molar-refractivity contribution in [3.8, 4) is 0 Å². The van der Waals surface area contributed by atoms with Crippen molar-refractivity contribution in [2.75, 3.05) is 32.4 Å². The van der Waals surface area contributed by atoms with Crippen molar-refractivity contribution < 1.29 is 8.42 Å². The minimum atomic E-state index is -3.07. The fourth-order valence-corrected chi connectivity index (χ4v) is 3.93. The first-order valence-corrected chi connectivity index (χ1v) is 9.69. The van der Waals surface area contributed by atoms with E-state index >= 15 is 0 Å². The molecule has 1 aliphatic heterocycles. The second-order valence-corrected chi connectivity index (χ2v) is 8.27. The lowest BCUT2D eigenvalue weighted by atomic mass is 10.1. The molecule has 1 aromatic heterocycles. The van der Waals surface area contributed by atoms with E-state index < -0.39 is 10.0 Å². The highest BCUT2D eigenvalue weighted by atomic mass is 127. The van der Waals surface area contributed by atoms with E-state index in [4.69, 9.17) is 5.73 Å². The molecule has 1 atom stereocenters. The molecule has 1 aliphatic rings. The van der Waals surface area contributed by atoms with Gasteiger partial charge in [0, 0.05) is 31.1 Å². The van der Waals surface area contributed by atoms with E-state index in [1.807, 2.05) is 6.07 Å². The van der Waals surface area contributed by atoms with Gasteiger partial charge in [0.05, 0.1) is 6.26 Å². The summed E-state index contributed by atoms with van der Waals surface area (Å²) in [6.45, 7) is 2.47. The van der Waals surface area contributed by atoms with Gasteiger partial charge in [0.25, 0.3) is 0 Å². The molecule has 126 valence electrons. The lowest BCUT2D eigenvalue weighted by molar-refractivity contribution is 0.464. The van der Waals surface area contributed by atoms with E-state index in [0.717, 1.165) is 19.4 Å². The molecule has 6 nitrogen and oxygen atoms in total. The van der Waals surface area contributed by atoms with E-state index in [1.54, 1.807) is 11.3 Å². The molecule has 22 heavy (non-hydrogen) atoms. The van der Waals surface area contributed by atoms with Crippen molar-refractivity contribution in [2.45, 2.75) is 12.8 Å². The number of guanidine groups is 1. The van der Waals surface area contributed by atoms with Gasteiger partial charge in [-0.1, -0.05) is 6.07 Å². The van der Waals surface area contributed by atoms with E-state index in [0.29, 0.717) is 25.6 Å². The Morgan fingerprint density at radius 3 is 2.95 bits per heavy atom. The first kappa shape index (κ1) is 19.7. The molecule has 0 bridgehead atoms. The maximum Gasteiger partial charge on any atom is 0.211 e. The van der Waals surface area contributed by atoms with E-state index in [1.165, 1.54) is 15.4 Å². The predicted octanol–water partition coefficient (Wildman–Crippen LogP) is 1.09. The minimum absolute atomic E-state index is 0. The van der Waals surface area contributed by atoms with Gasteiger partial charge in [-0.25, -0.2) is 12.7 Å². The highest BCUT2D eigenvalue weighted by molar-refractivity contribution is 14.0. The number of sulfonamides is 1. The molecule has 9 heteroatoms. The monoisotopic (exact) mass is 458 g/mol. The number of nitrogens with one attached hydrogen (secondary N) is 1. The van der Waals surface area contributed by atoms with Gasteiger partial charge in [-0.15, -0.1) is 35.3 Å². The standard InChI is InChI=1S/C13H22N4O2S2.HI/c1-21(18,19)17-7-5-11(10-17)9-16-13(14)15-6-4-12-3-2-8-20-12;/h2-3,8,11H,4-7,9-10H2,1H3,(H3,14,15,16);1H. The molecule has 0 radical (unpaired) electrons. The maximum absolute atomic E-state index is 11.4. The van der Waals surface area contributed by atoms with Gasteiger partial charge < -0.3 is 11.1 Å². The van der Waals surface area contributed by atoms with Gasteiger partial charge in [-0.3, -0.25) is 4.99 Å². The van der Waals surface area contributed by atoms with Crippen LogP contribution in [0.5, 0.6) is 0 Å². The highest BCUT2D eigenvalue weighted by Crippen LogP contribution is 2.18. The van der Waals surface area contributed by atoms with Gasteiger partial charge >= 0.3 is 0 Å². The summed E-state index contributed by atoms with van der Waals surface area (Å²) in [6.07, 6.45) is 3.03. The van der Waals surface area contributed by atoms with Crippen molar-refractivity contribution in [1.82, 2.24) is 9.62 Å². The summed E-state index contributed by atoms with van der Waals surface area (Å²) in [5, 5.41) is 5.14. The molecule has 0 saturated carbocycles. The molecule has 0 aromatic carbocycles. The summed E-state index contributed by atoms with van der Waals surface area (Å²) in [4.78, 5) is 5.62. The van der Waals surface area contributed by atoms with Crippen LogP contribution in [0.2, 0.25) is 0 Å².